The molecule has 0 saturated heterocycles. The van der Waals surface area contributed by atoms with E-state index >= 15 is 0 Å². The summed E-state index contributed by atoms with van der Waals surface area (Å²) in [5.41, 5.74) is 3.30. The molecule has 5 heteroatoms. The Hall–Kier alpha value is -0.940. The van der Waals surface area contributed by atoms with Gasteiger partial charge in [0.25, 0.3) is 0 Å². The molecule has 0 bridgehead atoms. The molecule has 0 fully saturated rings. The maximum Gasteiger partial charge on any atom is 0.237 e. The molecule has 3 N–H and O–H groups in total. The maximum atomic E-state index is 11.1. The fourth-order valence-corrected chi connectivity index (χ4v) is 2.20. The lowest BCUT2D eigenvalue weighted by Gasteiger charge is -2.08. The predicted molar refractivity (Wildman–Crippen MR) is 61.1 cm³/mol. The largest absolute Gasteiger partial charge is 0.468 e. The number of hydrogen-bond acceptors (Lipinski definition) is 4. The molecule has 1 aromatic rings. The lowest BCUT2D eigenvalue weighted by Crippen LogP contribution is -2.35. The molecule has 15 heavy (non-hydrogen) atoms. The van der Waals surface area contributed by atoms with E-state index in [1.165, 1.54) is 0 Å². The summed E-state index contributed by atoms with van der Waals surface area (Å²) < 4.78 is 5.29. The summed E-state index contributed by atoms with van der Waals surface area (Å²) in [6.45, 7) is 3.86. The normalized spacial score (nSPS) is 12.5. The standard InChI is InChI=1S/C10H16N2O2S/c1-7-3-4-14-9(7)6-15-5-8(2)10(13)12-11/h3-4,8H,5-6,11H2,1-2H3,(H,12,13). The molecule has 0 aliphatic carbocycles. The predicted octanol–water partition coefficient (Wildman–Crippen LogP) is 1.45. The van der Waals surface area contributed by atoms with Crippen molar-refractivity contribution in [3.8, 4) is 0 Å². The van der Waals surface area contributed by atoms with Gasteiger partial charge in [-0.2, -0.15) is 11.8 Å². The first kappa shape index (κ1) is 12.1. The molecule has 1 amide bonds. The van der Waals surface area contributed by atoms with Crippen LogP contribution in [-0.2, 0) is 10.5 Å². The third-order valence-electron chi connectivity index (χ3n) is 2.16. The van der Waals surface area contributed by atoms with Gasteiger partial charge in [0, 0.05) is 11.7 Å². The zero-order valence-corrected chi connectivity index (χ0v) is 9.76. The second-order valence-electron chi connectivity index (χ2n) is 3.45. The van der Waals surface area contributed by atoms with Crippen molar-refractivity contribution >= 4 is 17.7 Å². The molecule has 0 saturated carbocycles. The molecule has 0 aliphatic heterocycles. The molecule has 1 rings (SSSR count). The van der Waals surface area contributed by atoms with Gasteiger partial charge >= 0.3 is 0 Å². The minimum atomic E-state index is -0.126. The van der Waals surface area contributed by atoms with Gasteiger partial charge in [-0.15, -0.1) is 0 Å². The monoisotopic (exact) mass is 228 g/mol. The third-order valence-corrected chi connectivity index (χ3v) is 3.36. The number of amides is 1. The van der Waals surface area contributed by atoms with Crippen molar-refractivity contribution in [1.82, 2.24) is 5.43 Å². The Labute approximate surface area is 93.6 Å². The van der Waals surface area contributed by atoms with Crippen LogP contribution in [0.4, 0.5) is 0 Å². The molecular weight excluding hydrogens is 212 g/mol. The molecule has 0 aromatic carbocycles. The van der Waals surface area contributed by atoms with Crippen LogP contribution < -0.4 is 11.3 Å². The van der Waals surface area contributed by atoms with Crippen molar-refractivity contribution < 1.29 is 9.21 Å². The smallest absolute Gasteiger partial charge is 0.237 e. The molecule has 1 atom stereocenters. The topological polar surface area (TPSA) is 68.3 Å². The Morgan fingerprint density at radius 2 is 2.47 bits per heavy atom. The minimum Gasteiger partial charge on any atom is -0.468 e. The van der Waals surface area contributed by atoms with Gasteiger partial charge in [0.1, 0.15) is 5.76 Å². The number of hydrogen-bond donors (Lipinski definition) is 2. The van der Waals surface area contributed by atoms with Crippen molar-refractivity contribution in [2.24, 2.45) is 11.8 Å². The first-order valence-corrected chi connectivity index (χ1v) is 5.91. The molecule has 1 unspecified atom stereocenters. The molecule has 4 nitrogen and oxygen atoms in total. The summed E-state index contributed by atoms with van der Waals surface area (Å²) in [5.74, 6) is 7.34. The number of thioether (sulfide) groups is 1. The van der Waals surface area contributed by atoms with Crippen LogP contribution in [0, 0.1) is 12.8 Å². The van der Waals surface area contributed by atoms with E-state index in [4.69, 9.17) is 10.3 Å². The van der Waals surface area contributed by atoms with Gasteiger partial charge in [0.15, 0.2) is 0 Å². The van der Waals surface area contributed by atoms with Gasteiger partial charge in [-0.05, 0) is 18.6 Å². The van der Waals surface area contributed by atoms with Crippen LogP contribution >= 0.6 is 11.8 Å². The Bertz CT molecular complexity index is 325. The second-order valence-corrected chi connectivity index (χ2v) is 4.48. The van der Waals surface area contributed by atoms with Crippen molar-refractivity contribution in [2.75, 3.05) is 5.75 Å². The Morgan fingerprint density at radius 1 is 1.73 bits per heavy atom. The highest BCUT2D eigenvalue weighted by atomic mass is 32.2. The average Bonchev–Trinajstić information content (AvgIpc) is 2.63. The van der Waals surface area contributed by atoms with Gasteiger partial charge < -0.3 is 4.42 Å². The van der Waals surface area contributed by atoms with Crippen molar-refractivity contribution in [1.29, 1.82) is 0 Å². The van der Waals surface area contributed by atoms with Gasteiger partial charge in [-0.3, -0.25) is 10.2 Å². The van der Waals surface area contributed by atoms with Crippen LogP contribution in [0.3, 0.4) is 0 Å². The molecule has 1 heterocycles. The van der Waals surface area contributed by atoms with E-state index < -0.39 is 0 Å². The Kier molecular flexibility index (Phi) is 4.71. The maximum absolute atomic E-state index is 11.1. The van der Waals surface area contributed by atoms with Gasteiger partial charge in [0.05, 0.1) is 12.0 Å². The summed E-state index contributed by atoms with van der Waals surface area (Å²) in [6.07, 6.45) is 1.68. The number of nitrogens with one attached hydrogen (secondary N) is 1. The van der Waals surface area contributed by atoms with E-state index in [2.05, 4.69) is 5.43 Å². The molecule has 0 aliphatic rings. The number of nitrogens with two attached hydrogens (primary N) is 1. The summed E-state index contributed by atoms with van der Waals surface area (Å²) in [6, 6.07) is 1.94. The van der Waals surface area contributed by atoms with Crippen LogP contribution in [0.5, 0.6) is 0 Å². The number of furan rings is 1. The van der Waals surface area contributed by atoms with E-state index in [9.17, 15) is 4.79 Å². The highest BCUT2D eigenvalue weighted by molar-refractivity contribution is 7.98. The fourth-order valence-electron chi connectivity index (χ4n) is 1.10. The molecule has 84 valence electrons. The van der Waals surface area contributed by atoms with Crippen LogP contribution in [0.2, 0.25) is 0 Å². The van der Waals surface area contributed by atoms with E-state index in [0.717, 1.165) is 22.8 Å². The van der Waals surface area contributed by atoms with E-state index in [0.29, 0.717) is 0 Å². The lowest BCUT2D eigenvalue weighted by molar-refractivity contribution is -0.123. The van der Waals surface area contributed by atoms with Crippen LogP contribution in [0.25, 0.3) is 0 Å². The number of aryl methyl sites for hydroxylation is 1. The number of carbonyl (C=O) groups excluding carboxylic acids is 1. The zero-order chi connectivity index (χ0) is 11.3. The zero-order valence-electron chi connectivity index (χ0n) is 8.95. The molecular formula is C10H16N2O2S. The third kappa shape index (κ3) is 3.60. The first-order chi connectivity index (χ1) is 7.15. The van der Waals surface area contributed by atoms with E-state index in [-0.39, 0.29) is 11.8 Å². The highest BCUT2D eigenvalue weighted by Gasteiger charge is 2.11. The second kappa shape index (κ2) is 5.82. The van der Waals surface area contributed by atoms with E-state index in [1.807, 2.05) is 19.9 Å². The van der Waals surface area contributed by atoms with Crippen LogP contribution in [0.1, 0.15) is 18.2 Å². The number of hydrazine groups is 1. The van der Waals surface area contributed by atoms with Crippen LogP contribution in [-0.4, -0.2) is 11.7 Å². The minimum absolute atomic E-state index is 0.0738. The summed E-state index contributed by atoms with van der Waals surface area (Å²) in [5, 5.41) is 0. The first-order valence-electron chi connectivity index (χ1n) is 4.76. The van der Waals surface area contributed by atoms with Crippen molar-refractivity contribution in [3.63, 3.8) is 0 Å². The van der Waals surface area contributed by atoms with Crippen molar-refractivity contribution in [2.45, 2.75) is 19.6 Å². The molecule has 0 spiro atoms. The Balaban J connectivity index is 2.28. The summed E-state index contributed by atoms with van der Waals surface area (Å²) >= 11 is 1.67. The molecule has 1 aromatic heterocycles. The van der Waals surface area contributed by atoms with Gasteiger partial charge in [0.2, 0.25) is 5.91 Å². The number of carbonyl (C=O) groups is 1. The quantitative estimate of drug-likeness (QED) is 0.454. The number of rotatable bonds is 5. The molecule has 0 radical (unpaired) electrons. The van der Waals surface area contributed by atoms with Gasteiger partial charge in [-0.1, -0.05) is 6.92 Å². The highest BCUT2D eigenvalue weighted by Crippen LogP contribution is 2.18. The SMILES string of the molecule is Cc1ccoc1CSCC(C)C(=O)NN. The van der Waals surface area contributed by atoms with E-state index in [1.54, 1.807) is 18.0 Å². The van der Waals surface area contributed by atoms with Crippen molar-refractivity contribution in [3.05, 3.63) is 23.7 Å². The Morgan fingerprint density at radius 3 is 3.00 bits per heavy atom. The fraction of sp³-hybridized carbons (Fsp3) is 0.500. The summed E-state index contributed by atoms with van der Waals surface area (Å²) in [7, 11) is 0. The van der Waals surface area contributed by atoms with Gasteiger partial charge in [-0.25, -0.2) is 5.84 Å². The van der Waals surface area contributed by atoms with Crippen LogP contribution in [0.15, 0.2) is 16.7 Å². The summed E-state index contributed by atoms with van der Waals surface area (Å²) in [4.78, 5) is 11.1. The average molecular weight is 228 g/mol. The lowest BCUT2D eigenvalue weighted by atomic mass is 10.2.